The summed E-state index contributed by atoms with van der Waals surface area (Å²) < 4.78 is 5.37. The Hall–Kier alpha value is -0.160. The van der Waals surface area contributed by atoms with E-state index in [-0.39, 0.29) is 6.10 Å². The number of ether oxygens (including phenoxy) is 1. The van der Waals surface area contributed by atoms with Crippen LogP contribution in [-0.4, -0.2) is 63.1 Å². The molecule has 0 aliphatic carbocycles. The van der Waals surface area contributed by atoms with E-state index in [1.54, 1.807) is 0 Å². The molecule has 0 radical (unpaired) electrons. The zero-order valence-electron chi connectivity index (χ0n) is 9.62. The highest BCUT2D eigenvalue weighted by Crippen LogP contribution is 1.85. The molecule has 0 saturated heterocycles. The Labute approximate surface area is 87.2 Å². The van der Waals surface area contributed by atoms with E-state index in [2.05, 4.69) is 10.2 Å². The molecule has 0 aliphatic heterocycles. The summed E-state index contributed by atoms with van der Waals surface area (Å²) in [6, 6.07) is 0. The molecule has 1 atom stereocenters. The maximum atomic E-state index is 9.22. The minimum atomic E-state index is -0.225. The highest BCUT2D eigenvalue weighted by Gasteiger charge is 1.98. The average molecular weight is 204 g/mol. The van der Waals surface area contributed by atoms with Crippen LogP contribution in [0.5, 0.6) is 0 Å². The molecule has 0 aromatic carbocycles. The summed E-state index contributed by atoms with van der Waals surface area (Å²) in [6.07, 6.45) is 0.575. The Bertz CT molecular complexity index is 121. The van der Waals surface area contributed by atoms with Crippen molar-refractivity contribution in [2.75, 3.05) is 46.9 Å². The number of likely N-dealkylation sites (N-methyl/N-ethyl adjacent to an activating group) is 1. The van der Waals surface area contributed by atoms with Crippen LogP contribution in [0.25, 0.3) is 0 Å². The van der Waals surface area contributed by atoms with Crippen LogP contribution in [-0.2, 0) is 4.74 Å². The van der Waals surface area contributed by atoms with Crippen molar-refractivity contribution in [2.24, 2.45) is 0 Å². The lowest BCUT2D eigenvalue weighted by atomic mass is 10.3. The van der Waals surface area contributed by atoms with Gasteiger partial charge in [-0.2, -0.15) is 0 Å². The summed E-state index contributed by atoms with van der Waals surface area (Å²) in [6.45, 7) is 5.88. The third-order valence-corrected chi connectivity index (χ3v) is 1.96. The zero-order valence-corrected chi connectivity index (χ0v) is 9.62. The third-order valence-electron chi connectivity index (χ3n) is 1.96. The van der Waals surface area contributed by atoms with Gasteiger partial charge in [-0.1, -0.05) is 6.92 Å². The van der Waals surface area contributed by atoms with E-state index in [4.69, 9.17) is 4.74 Å². The molecule has 0 amide bonds. The van der Waals surface area contributed by atoms with Crippen LogP contribution < -0.4 is 5.32 Å². The average Bonchev–Trinajstić information content (AvgIpc) is 2.15. The quantitative estimate of drug-likeness (QED) is 0.516. The first-order chi connectivity index (χ1) is 6.66. The number of nitrogens with zero attached hydrogens (tertiary/aromatic N) is 1. The van der Waals surface area contributed by atoms with Gasteiger partial charge in [0.15, 0.2) is 0 Å². The van der Waals surface area contributed by atoms with Crippen LogP contribution in [0.15, 0.2) is 0 Å². The number of hydrogen-bond acceptors (Lipinski definition) is 4. The van der Waals surface area contributed by atoms with Gasteiger partial charge in [-0.05, 0) is 20.5 Å². The lowest BCUT2D eigenvalue weighted by molar-refractivity contribution is 0.113. The van der Waals surface area contributed by atoms with Gasteiger partial charge in [0.1, 0.15) is 0 Å². The molecule has 0 aromatic heterocycles. The van der Waals surface area contributed by atoms with Gasteiger partial charge in [0.05, 0.1) is 19.3 Å². The topological polar surface area (TPSA) is 44.7 Å². The summed E-state index contributed by atoms with van der Waals surface area (Å²) in [5, 5.41) is 12.4. The lowest BCUT2D eigenvalue weighted by Gasteiger charge is -2.11. The molecule has 0 saturated carbocycles. The highest BCUT2D eigenvalue weighted by atomic mass is 16.5. The summed E-state index contributed by atoms with van der Waals surface area (Å²) in [7, 11) is 4.05. The van der Waals surface area contributed by atoms with Gasteiger partial charge in [0.25, 0.3) is 0 Å². The molecule has 0 spiro atoms. The fourth-order valence-electron chi connectivity index (χ4n) is 0.907. The Morgan fingerprint density at radius 3 is 2.64 bits per heavy atom. The maximum absolute atomic E-state index is 9.22. The minimum absolute atomic E-state index is 0.225. The van der Waals surface area contributed by atoms with Gasteiger partial charge >= 0.3 is 0 Å². The van der Waals surface area contributed by atoms with Gasteiger partial charge in [-0.15, -0.1) is 0 Å². The largest absolute Gasteiger partial charge is 0.392 e. The standard InChI is InChI=1S/C10H24N2O2/c1-4-10(13)9-11-5-7-14-8-6-12(2)3/h10-11,13H,4-9H2,1-3H3. The molecule has 2 N–H and O–H groups in total. The van der Waals surface area contributed by atoms with Crippen molar-refractivity contribution in [3.8, 4) is 0 Å². The first kappa shape index (κ1) is 13.8. The Morgan fingerprint density at radius 2 is 2.07 bits per heavy atom. The van der Waals surface area contributed by atoms with Gasteiger partial charge in [0, 0.05) is 19.6 Å². The normalized spacial score (nSPS) is 13.5. The van der Waals surface area contributed by atoms with Crippen LogP contribution in [0.2, 0.25) is 0 Å². The van der Waals surface area contributed by atoms with Crippen molar-refractivity contribution < 1.29 is 9.84 Å². The van der Waals surface area contributed by atoms with E-state index in [0.29, 0.717) is 13.2 Å². The molecule has 0 bridgehead atoms. The van der Waals surface area contributed by atoms with Crippen LogP contribution in [0.4, 0.5) is 0 Å². The Kier molecular flexibility index (Phi) is 9.29. The molecule has 1 unspecified atom stereocenters. The second kappa shape index (κ2) is 9.40. The smallest absolute Gasteiger partial charge is 0.0662 e. The molecule has 0 heterocycles. The molecule has 0 fully saturated rings. The Morgan fingerprint density at radius 1 is 1.36 bits per heavy atom. The summed E-state index contributed by atoms with van der Waals surface area (Å²) >= 11 is 0. The van der Waals surface area contributed by atoms with Crippen molar-refractivity contribution >= 4 is 0 Å². The second-order valence-corrected chi connectivity index (χ2v) is 3.68. The first-order valence-corrected chi connectivity index (χ1v) is 5.28. The second-order valence-electron chi connectivity index (χ2n) is 3.68. The third kappa shape index (κ3) is 9.92. The molecule has 0 rings (SSSR count). The van der Waals surface area contributed by atoms with Crippen LogP contribution >= 0.6 is 0 Å². The predicted molar refractivity (Wildman–Crippen MR) is 58.5 cm³/mol. The molecule has 14 heavy (non-hydrogen) atoms. The number of nitrogens with one attached hydrogen (secondary N) is 1. The van der Waals surface area contributed by atoms with Gasteiger partial charge in [0.2, 0.25) is 0 Å². The van der Waals surface area contributed by atoms with Crippen molar-refractivity contribution in [1.82, 2.24) is 10.2 Å². The molecule has 86 valence electrons. The van der Waals surface area contributed by atoms with E-state index in [0.717, 1.165) is 26.1 Å². The van der Waals surface area contributed by atoms with Gasteiger partial charge < -0.3 is 20.1 Å². The SMILES string of the molecule is CCC(O)CNCCOCCN(C)C. The Balaban J connectivity index is 2.99. The first-order valence-electron chi connectivity index (χ1n) is 5.28. The fourth-order valence-corrected chi connectivity index (χ4v) is 0.907. The lowest BCUT2D eigenvalue weighted by Crippen LogP contribution is -2.29. The van der Waals surface area contributed by atoms with Crippen molar-refractivity contribution in [3.63, 3.8) is 0 Å². The number of aliphatic hydroxyl groups excluding tert-OH is 1. The predicted octanol–water partition coefficient (Wildman–Crippen LogP) is -0.0749. The van der Waals surface area contributed by atoms with E-state index < -0.39 is 0 Å². The van der Waals surface area contributed by atoms with E-state index in [1.807, 2.05) is 21.0 Å². The van der Waals surface area contributed by atoms with Gasteiger partial charge in [-0.25, -0.2) is 0 Å². The van der Waals surface area contributed by atoms with Gasteiger partial charge in [-0.3, -0.25) is 0 Å². The number of aliphatic hydroxyl groups is 1. The summed E-state index contributed by atoms with van der Waals surface area (Å²) in [5.74, 6) is 0. The van der Waals surface area contributed by atoms with E-state index in [1.165, 1.54) is 0 Å². The highest BCUT2D eigenvalue weighted by molar-refractivity contribution is 4.55. The molecule has 4 nitrogen and oxygen atoms in total. The number of rotatable bonds is 9. The molecular weight excluding hydrogens is 180 g/mol. The van der Waals surface area contributed by atoms with Crippen molar-refractivity contribution in [2.45, 2.75) is 19.4 Å². The van der Waals surface area contributed by atoms with Crippen LogP contribution in [0, 0.1) is 0 Å². The molecule has 0 aliphatic rings. The van der Waals surface area contributed by atoms with Crippen molar-refractivity contribution in [1.29, 1.82) is 0 Å². The molecule has 0 aromatic rings. The van der Waals surface area contributed by atoms with E-state index >= 15 is 0 Å². The summed E-state index contributed by atoms with van der Waals surface area (Å²) in [4.78, 5) is 2.09. The molecular formula is C10H24N2O2. The molecule has 4 heteroatoms. The van der Waals surface area contributed by atoms with Crippen molar-refractivity contribution in [3.05, 3.63) is 0 Å². The zero-order chi connectivity index (χ0) is 10.8. The number of hydrogen-bond donors (Lipinski definition) is 2. The minimum Gasteiger partial charge on any atom is -0.392 e. The van der Waals surface area contributed by atoms with Crippen LogP contribution in [0.1, 0.15) is 13.3 Å². The van der Waals surface area contributed by atoms with Crippen LogP contribution in [0.3, 0.4) is 0 Å². The van der Waals surface area contributed by atoms with E-state index in [9.17, 15) is 5.11 Å². The fraction of sp³-hybridized carbons (Fsp3) is 1.00. The maximum Gasteiger partial charge on any atom is 0.0662 e. The summed E-state index contributed by atoms with van der Waals surface area (Å²) in [5.41, 5.74) is 0. The monoisotopic (exact) mass is 204 g/mol.